The number of methoxy groups -OCH3 is 2. The van der Waals surface area contributed by atoms with Gasteiger partial charge in [-0.3, -0.25) is 9.59 Å². The normalized spacial score (nSPS) is 9.63. The highest BCUT2D eigenvalue weighted by Crippen LogP contribution is 2.29. The second-order valence-corrected chi connectivity index (χ2v) is 3.78. The smallest absolute Gasteiger partial charge is 0.313 e. The minimum atomic E-state index is -0.708. The number of benzene rings is 1. The van der Waals surface area contributed by atoms with Gasteiger partial charge in [0.25, 0.3) is 0 Å². The molecular weight excluding hydrogens is 248 g/mol. The fourth-order valence-corrected chi connectivity index (χ4v) is 1.42. The molecule has 0 unspecified atom stereocenters. The Kier molecular flexibility index (Phi) is 5.66. The standard InChI is InChI=1S/C13H18N2O4/c1-4-7-14-12(16)13(17)15-9-5-6-10(18-2)11(8-9)19-3/h5-6,8H,4,7H2,1-3H3,(H,14,16)(H,15,17). The highest BCUT2D eigenvalue weighted by molar-refractivity contribution is 6.39. The lowest BCUT2D eigenvalue weighted by Crippen LogP contribution is -2.35. The molecule has 0 bridgehead atoms. The van der Waals surface area contributed by atoms with Gasteiger partial charge in [0.2, 0.25) is 0 Å². The Labute approximate surface area is 112 Å². The lowest BCUT2D eigenvalue weighted by molar-refractivity contribution is -0.136. The summed E-state index contributed by atoms with van der Waals surface area (Å²) in [5.41, 5.74) is 0.467. The Morgan fingerprint density at radius 2 is 1.79 bits per heavy atom. The van der Waals surface area contributed by atoms with Gasteiger partial charge in [0.05, 0.1) is 14.2 Å². The minimum Gasteiger partial charge on any atom is -0.493 e. The number of carbonyl (C=O) groups excluding carboxylic acids is 2. The van der Waals surface area contributed by atoms with Crippen LogP contribution in [0.1, 0.15) is 13.3 Å². The molecule has 0 saturated carbocycles. The predicted octanol–water partition coefficient (Wildman–Crippen LogP) is 1.17. The van der Waals surface area contributed by atoms with E-state index in [9.17, 15) is 9.59 Å². The molecule has 0 spiro atoms. The van der Waals surface area contributed by atoms with Crippen LogP contribution in [0.5, 0.6) is 11.5 Å². The molecule has 0 fully saturated rings. The fraction of sp³-hybridized carbons (Fsp3) is 0.385. The molecule has 2 N–H and O–H groups in total. The lowest BCUT2D eigenvalue weighted by atomic mass is 10.2. The van der Waals surface area contributed by atoms with Crippen LogP contribution >= 0.6 is 0 Å². The Hall–Kier alpha value is -2.24. The number of carbonyl (C=O) groups is 2. The van der Waals surface area contributed by atoms with E-state index in [0.29, 0.717) is 23.7 Å². The van der Waals surface area contributed by atoms with E-state index in [2.05, 4.69) is 10.6 Å². The van der Waals surface area contributed by atoms with Crippen molar-refractivity contribution < 1.29 is 19.1 Å². The second-order valence-electron chi connectivity index (χ2n) is 3.78. The Balaban J connectivity index is 2.71. The number of amides is 2. The molecule has 104 valence electrons. The summed E-state index contributed by atoms with van der Waals surface area (Å²) in [5, 5.41) is 4.99. The summed E-state index contributed by atoms with van der Waals surface area (Å²) in [6, 6.07) is 4.87. The van der Waals surface area contributed by atoms with Crippen molar-refractivity contribution in [3.05, 3.63) is 18.2 Å². The molecule has 1 aromatic rings. The summed E-state index contributed by atoms with van der Waals surface area (Å²) in [7, 11) is 3.02. The van der Waals surface area contributed by atoms with Gasteiger partial charge in [0, 0.05) is 18.3 Å². The molecular formula is C13H18N2O4. The van der Waals surface area contributed by atoms with Gasteiger partial charge >= 0.3 is 11.8 Å². The maximum absolute atomic E-state index is 11.6. The van der Waals surface area contributed by atoms with Gasteiger partial charge in [-0.1, -0.05) is 6.92 Å². The first-order valence-electron chi connectivity index (χ1n) is 5.93. The van der Waals surface area contributed by atoms with Crippen LogP contribution in [0.2, 0.25) is 0 Å². The fourth-order valence-electron chi connectivity index (χ4n) is 1.42. The van der Waals surface area contributed by atoms with Crippen molar-refractivity contribution in [3.63, 3.8) is 0 Å². The van der Waals surface area contributed by atoms with E-state index < -0.39 is 11.8 Å². The van der Waals surface area contributed by atoms with Crippen molar-refractivity contribution in [2.75, 3.05) is 26.1 Å². The number of nitrogens with one attached hydrogen (secondary N) is 2. The van der Waals surface area contributed by atoms with E-state index in [4.69, 9.17) is 9.47 Å². The van der Waals surface area contributed by atoms with Gasteiger partial charge in [-0.25, -0.2) is 0 Å². The molecule has 0 aliphatic heterocycles. The predicted molar refractivity (Wildman–Crippen MR) is 71.5 cm³/mol. The molecule has 0 aliphatic rings. The third-order valence-electron chi connectivity index (χ3n) is 2.38. The number of hydrogen-bond acceptors (Lipinski definition) is 4. The summed E-state index contributed by atoms with van der Waals surface area (Å²) in [4.78, 5) is 23.0. The summed E-state index contributed by atoms with van der Waals surface area (Å²) < 4.78 is 10.2. The number of ether oxygens (including phenoxy) is 2. The van der Waals surface area contributed by atoms with E-state index in [1.165, 1.54) is 14.2 Å². The molecule has 1 rings (SSSR count). The molecule has 0 heterocycles. The summed E-state index contributed by atoms with van der Waals surface area (Å²) >= 11 is 0. The summed E-state index contributed by atoms with van der Waals surface area (Å²) in [6.45, 7) is 2.38. The van der Waals surface area contributed by atoms with Gasteiger partial charge < -0.3 is 20.1 Å². The molecule has 1 aromatic carbocycles. The second kappa shape index (κ2) is 7.25. The first-order valence-corrected chi connectivity index (χ1v) is 5.93. The highest BCUT2D eigenvalue weighted by atomic mass is 16.5. The maximum atomic E-state index is 11.6. The Morgan fingerprint density at radius 1 is 1.11 bits per heavy atom. The molecule has 0 aliphatic carbocycles. The minimum absolute atomic E-state index is 0.467. The zero-order valence-corrected chi connectivity index (χ0v) is 11.3. The zero-order valence-electron chi connectivity index (χ0n) is 11.3. The molecule has 0 radical (unpaired) electrons. The first kappa shape index (κ1) is 14.8. The van der Waals surface area contributed by atoms with Gasteiger partial charge in [0.15, 0.2) is 11.5 Å². The number of anilines is 1. The van der Waals surface area contributed by atoms with Crippen molar-refractivity contribution in [2.45, 2.75) is 13.3 Å². The molecule has 0 aromatic heterocycles. The lowest BCUT2D eigenvalue weighted by Gasteiger charge is -2.10. The molecule has 6 heteroatoms. The molecule has 19 heavy (non-hydrogen) atoms. The van der Waals surface area contributed by atoms with Crippen LogP contribution in [0, 0.1) is 0 Å². The van der Waals surface area contributed by atoms with Crippen molar-refractivity contribution in [1.29, 1.82) is 0 Å². The molecule has 2 amide bonds. The van der Waals surface area contributed by atoms with Crippen molar-refractivity contribution in [2.24, 2.45) is 0 Å². The van der Waals surface area contributed by atoms with E-state index in [0.717, 1.165) is 6.42 Å². The van der Waals surface area contributed by atoms with Crippen LogP contribution in [0.4, 0.5) is 5.69 Å². The van der Waals surface area contributed by atoms with Crippen LogP contribution in [-0.2, 0) is 9.59 Å². The summed E-state index contributed by atoms with van der Waals surface area (Å²) in [6.07, 6.45) is 0.773. The van der Waals surface area contributed by atoms with E-state index in [1.54, 1.807) is 18.2 Å². The molecule has 6 nitrogen and oxygen atoms in total. The van der Waals surface area contributed by atoms with Crippen LogP contribution in [0.25, 0.3) is 0 Å². The average molecular weight is 266 g/mol. The third-order valence-corrected chi connectivity index (χ3v) is 2.38. The van der Waals surface area contributed by atoms with E-state index in [-0.39, 0.29) is 0 Å². The van der Waals surface area contributed by atoms with Gasteiger partial charge in [-0.15, -0.1) is 0 Å². The van der Waals surface area contributed by atoms with Crippen LogP contribution in [-0.4, -0.2) is 32.6 Å². The van der Waals surface area contributed by atoms with E-state index in [1.807, 2.05) is 6.92 Å². The van der Waals surface area contributed by atoms with Crippen LogP contribution in [0.3, 0.4) is 0 Å². The summed E-state index contributed by atoms with van der Waals surface area (Å²) in [5.74, 6) is -0.331. The Morgan fingerprint density at radius 3 is 2.37 bits per heavy atom. The third kappa shape index (κ3) is 4.17. The van der Waals surface area contributed by atoms with Crippen LogP contribution < -0.4 is 20.1 Å². The maximum Gasteiger partial charge on any atom is 0.313 e. The quantitative estimate of drug-likeness (QED) is 0.784. The monoisotopic (exact) mass is 266 g/mol. The van der Waals surface area contributed by atoms with Gasteiger partial charge in [0.1, 0.15) is 0 Å². The van der Waals surface area contributed by atoms with Gasteiger partial charge in [-0.2, -0.15) is 0 Å². The van der Waals surface area contributed by atoms with E-state index >= 15 is 0 Å². The van der Waals surface area contributed by atoms with Crippen molar-refractivity contribution >= 4 is 17.5 Å². The van der Waals surface area contributed by atoms with Crippen LogP contribution in [0.15, 0.2) is 18.2 Å². The number of hydrogen-bond donors (Lipinski definition) is 2. The Bertz CT molecular complexity index is 460. The SMILES string of the molecule is CCCNC(=O)C(=O)Nc1ccc(OC)c(OC)c1. The van der Waals surface area contributed by atoms with Gasteiger partial charge in [-0.05, 0) is 18.6 Å². The first-order chi connectivity index (χ1) is 9.12. The zero-order chi connectivity index (χ0) is 14.3. The highest BCUT2D eigenvalue weighted by Gasteiger charge is 2.13. The largest absolute Gasteiger partial charge is 0.493 e. The number of rotatable bonds is 5. The van der Waals surface area contributed by atoms with Crippen molar-refractivity contribution in [1.82, 2.24) is 5.32 Å². The average Bonchev–Trinajstić information content (AvgIpc) is 2.44. The molecule has 0 saturated heterocycles. The molecule has 0 atom stereocenters. The van der Waals surface area contributed by atoms with Crippen molar-refractivity contribution in [3.8, 4) is 11.5 Å². The topological polar surface area (TPSA) is 76.7 Å².